The van der Waals surface area contributed by atoms with Crippen LogP contribution in [0.3, 0.4) is 0 Å². The summed E-state index contributed by atoms with van der Waals surface area (Å²) < 4.78 is 2.64. The normalized spacial score (nSPS) is 13.1. The van der Waals surface area contributed by atoms with E-state index in [4.69, 9.17) is 0 Å². The van der Waals surface area contributed by atoms with Crippen LogP contribution in [0.2, 0.25) is 0 Å². The molecule has 0 saturated carbocycles. The Labute approximate surface area is 278 Å². The van der Waals surface area contributed by atoms with Crippen molar-refractivity contribution in [2.45, 2.75) is 252 Å². The zero-order valence-corrected chi connectivity index (χ0v) is 31.1. The van der Waals surface area contributed by atoms with Crippen molar-refractivity contribution < 1.29 is 4.57 Å². The second kappa shape index (κ2) is 32.2. The fraction of sp³-hybridized carbons (Fsp3) is 0.929. The van der Waals surface area contributed by atoms with Crippen molar-refractivity contribution in [3.8, 4) is 0 Å². The first kappa shape index (κ1) is 41.2. The van der Waals surface area contributed by atoms with Crippen molar-refractivity contribution in [1.29, 1.82) is 0 Å². The van der Waals surface area contributed by atoms with Crippen molar-refractivity contribution in [3.05, 3.63) is 18.2 Å². The molecule has 0 aliphatic rings. The first-order valence-corrected chi connectivity index (χ1v) is 20.8. The molecule has 0 amide bonds. The molecule has 0 aliphatic carbocycles. The van der Waals surface area contributed by atoms with Gasteiger partial charge in [-0.15, -0.1) is 0 Å². The molecule has 0 saturated heterocycles. The number of H-pyrrole nitrogens is 1. The molecule has 1 aromatic rings. The molecule has 2 unspecified atom stereocenters. The molecule has 0 fully saturated rings. The van der Waals surface area contributed by atoms with E-state index in [-0.39, 0.29) is 0 Å². The van der Waals surface area contributed by atoms with Crippen LogP contribution in [0.5, 0.6) is 0 Å². The SMILES string of the molecule is CCCCCCCCCCCCCCCC(CCCCCCCCC)c1[nH]cc[n+]1C(C)CCCCCCCCCCCC. The van der Waals surface area contributed by atoms with E-state index in [2.05, 4.69) is 49.6 Å². The van der Waals surface area contributed by atoms with E-state index >= 15 is 0 Å². The molecule has 2 nitrogen and oxygen atoms in total. The van der Waals surface area contributed by atoms with Gasteiger partial charge in [0.15, 0.2) is 0 Å². The first-order chi connectivity index (χ1) is 21.7. The molecule has 1 heterocycles. The Morgan fingerprint density at radius 1 is 0.432 bits per heavy atom. The minimum atomic E-state index is 0.619. The molecule has 2 atom stereocenters. The van der Waals surface area contributed by atoms with Gasteiger partial charge in [-0.1, -0.05) is 207 Å². The van der Waals surface area contributed by atoms with Gasteiger partial charge in [-0.3, -0.25) is 0 Å². The molecule has 44 heavy (non-hydrogen) atoms. The quantitative estimate of drug-likeness (QED) is 0.0579. The van der Waals surface area contributed by atoms with Gasteiger partial charge in [-0.2, -0.15) is 0 Å². The van der Waals surface area contributed by atoms with Gasteiger partial charge in [0.05, 0.1) is 12.0 Å². The van der Waals surface area contributed by atoms with Gasteiger partial charge in [0.25, 0.3) is 5.82 Å². The zero-order chi connectivity index (χ0) is 31.8. The molecular formula is C42H83N2+. The molecule has 260 valence electrons. The van der Waals surface area contributed by atoms with E-state index in [0.29, 0.717) is 12.0 Å². The predicted molar refractivity (Wildman–Crippen MR) is 198 cm³/mol. The minimum Gasteiger partial charge on any atom is -0.247 e. The van der Waals surface area contributed by atoms with Crippen LogP contribution >= 0.6 is 0 Å². The summed E-state index contributed by atoms with van der Waals surface area (Å²) in [5, 5.41) is 0. The Balaban J connectivity index is 2.38. The van der Waals surface area contributed by atoms with Crippen molar-refractivity contribution in [3.63, 3.8) is 0 Å². The average Bonchev–Trinajstić information content (AvgIpc) is 3.52. The summed E-state index contributed by atoms with van der Waals surface area (Å²) in [5.74, 6) is 2.25. The highest BCUT2D eigenvalue weighted by Crippen LogP contribution is 2.27. The summed E-state index contributed by atoms with van der Waals surface area (Å²) in [5.41, 5.74) is 0. The fourth-order valence-corrected chi connectivity index (χ4v) is 7.31. The lowest BCUT2D eigenvalue weighted by atomic mass is 9.92. The molecule has 0 aromatic carbocycles. The topological polar surface area (TPSA) is 19.7 Å². The Kier molecular flexibility index (Phi) is 30.1. The number of hydrogen-bond acceptors (Lipinski definition) is 0. The summed E-state index contributed by atoms with van der Waals surface area (Å²) in [7, 11) is 0. The number of unbranched alkanes of at least 4 members (excludes halogenated alkanes) is 27. The maximum absolute atomic E-state index is 3.75. The number of aromatic amines is 1. The lowest BCUT2D eigenvalue weighted by molar-refractivity contribution is -0.727. The van der Waals surface area contributed by atoms with Gasteiger partial charge < -0.3 is 0 Å². The predicted octanol–water partition coefficient (Wildman–Crippen LogP) is 14.9. The highest BCUT2D eigenvalue weighted by Gasteiger charge is 2.25. The van der Waals surface area contributed by atoms with Gasteiger partial charge in [-0.05, 0) is 32.6 Å². The Morgan fingerprint density at radius 2 is 0.727 bits per heavy atom. The summed E-state index contributed by atoms with van der Waals surface area (Å²) in [6, 6.07) is 0.619. The van der Waals surface area contributed by atoms with Crippen molar-refractivity contribution in [1.82, 2.24) is 4.98 Å². The molecule has 1 rings (SSSR count). The number of nitrogens with one attached hydrogen (secondary N) is 1. The Hall–Kier alpha value is -0.790. The molecular weight excluding hydrogens is 532 g/mol. The molecule has 1 N–H and O–H groups in total. The maximum atomic E-state index is 3.75. The number of nitrogens with zero attached hydrogens (tertiary/aromatic N) is 1. The third kappa shape index (κ3) is 23.5. The van der Waals surface area contributed by atoms with Gasteiger partial charge in [-0.25, -0.2) is 9.55 Å². The van der Waals surface area contributed by atoms with Crippen LogP contribution in [0, 0.1) is 0 Å². The zero-order valence-electron chi connectivity index (χ0n) is 31.1. The van der Waals surface area contributed by atoms with Crippen molar-refractivity contribution in [2.75, 3.05) is 0 Å². The van der Waals surface area contributed by atoms with E-state index < -0.39 is 0 Å². The monoisotopic (exact) mass is 616 g/mol. The van der Waals surface area contributed by atoms with Crippen LogP contribution in [0.1, 0.15) is 257 Å². The van der Waals surface area contributed by atoms with E-state index in [1.165, 1.54) is 218 Å². The van der Waals surface area contributed by atoms with Crippen molar-refractivity contribution in [2.24, 2.45) is 0 Å². The first-order valence-electron chi connectivity index (χ1n) is 20.8. The van der Waals surface area contributed by atoms with Crippen molar-refractivity contribution >= 4 is 0 Å². The van der Waals surface area contributed by atoms with Crippen LogP contribution in [0.15, 0.2) is 12.4 Å². The molecule has 0 aliphatic heterocycles. The highest BCUT2D eigenvalue weighted by atomic mass is 15.1. The molecule has 2 heteroatoms. The lowest BCUT2D eigenvalue weighted by Crippen LogP contribution is -2.41. The number of rotatable bonds is 35. The number of aromatic nitrogens is 2. The molecule has 0 spiro atoms. The largest absolute Gasteiger partial charge is 0.257 e. The van der Waals surface area contributed by atoms with Gasteiger partial charge in [0.2, 0.25) is 0 Å². The molecule has 1 aromatic heterocycles. The summed E-state index contributed by atoms with van der Waals surface area (Å²) >= 11 is 0. The van der Waals surface area contributed by atoms with Gasteiger partial charge in [0.1, 0.15) is 12.4 Å². The third-order valence-corrected chi connectivity index (χ3v) is 10.4. The highest BCUT2D eigenvalue weighted by molar-refractivity contribution is 4.90. The summed E-state index contributed by atoms with van der Waals surface area (Å²) in [6.07, 6.45) is 51.6. The van der Waals surface area contributed by atoms with E-state index in [9.17, 15) is 0 Å². The summed E-state index contributed by atoms with van der Waals surface area (Å²) in [6.45, 7) is 9.42. The Bertz CT molecular complexity index is 679. The van der Waals surface area contributed by atoms with E-state index in [0.717, 1.165) is 0 Å². The smallest absolute Gasteiger partial charge is 0.247 e. The second-order valence-electron chi connectivity index (χ2n) is 14.7. The second-order valence-corrected chi connectivity index (χ2v) is 14.7. The number of imidazole rings is 1. The van der Waals surface area contributed by atoms with E-state index in [1.807, 2.05) is 0 Å². The van der Waals surface area contributed by atoms with Crippen LogP contribution in [0.4, 0.5) is 0 Å². The number of hydrogen-bond donors (Lipinski definition) is 1. The standard InChI is InChI=1S/C42H82N2/c1-5-8-11-14-17-19-21-22-23-25-28-31-34-37-41(36-33-30-26-16-13-10-7-3)42-43-38-39-44(42)40(4)35-32-29-27-24-20-18-15-12-9-6-2/h38-41H,5-37H2,1-4H3/p+1. The third-order valence-electron chi connectivity index (χ3n) is 10.4. The lowest BCUT2D eigenvalue weighted by Gasteiger charge is -2.17. The van der Waals surface area contributed by atoms with Gasteiger partial charge in [0, 0.05) is 0 Å². The average molecular weight is 616 g/mol. The molecule has 0 radical (unpaired) electrons. The summed E-state index contributed by atoms with van der Waals surface area (Å²) in [4.78, 5) is 3.75. The van der Waals surface area contributed by atoms with Gasteiger partial charge >= 0.3 is 0 Å². The Morgan fingerprint density at radius 3 is 1.07 bits per heavy atom. The maximum Gasteiger partial charge on any atom is 0.257 e. The molecule has 0 bridgehead atoms. The van der Waals surface area contributed by atoms with Crippen LogP contribution in [0.25, 0.3) is 0 Å². The van der Waals surface area contributed by atoms with Crippen LogP contribution < -0.4 is 4.57 Å². The van der Waals surface area contributed by atoms with Crippen LogP contribution in [-0.4, -0.2) is 4.98 Å². The fourth-order valence-electron chi connectivity index (χ4n) is 7.31. The van der Waals surface area contributed by atoms with E-state index in [1.54, 1.807) is 0 Å². The van der Waals surface area contributed by atoms with Crippen LogP contribution in [-0.2, 0) is 0 Å². The minimum absolute atomic E-state index is 0.619.